The predicted octanol–water partition coefficient (Wildman–Crippen LogP) is 3.31. The molecule has 0 spiro atoms. The molecule has 1 rings (SSSR count). The van der Waals surface area contributed by atoms with E-state index in [9.17, 15) is 18.7 Å². The molecule has 1 aromatic carbocycles. The monoisotopic (exact) mass is 327 g/mol. The molecule has 1 aromatic rings. The van der Waals surface area contributed by atoms with Gasteiger partial charge < -0.3 is 14.7 Å². The third-order valence-corrected chi connectivity index (χ3v) is 3.14. The van der Waals surface area contributed by atoms with Crippen molar-refractivity contribution in [2.45, 2.75) is 39.9 Å². The molecule has 4 nitrogen and oxygen atoms in total. The number of carbonyl (C=O) groups is 1. The number of benzene rings is 1. The average Bonchev–Trinajstić information content (AvgIpc) is 2.43. The van der Waals surface area contributed by atoms with Crippen LogP contribution in [0, 0.1) is 0 Å². The first-order valence-corrected chi connectivity index (χ1v) is 7.38. The lowest BCUT2D eigenvalue weighted by atomic mass is 10.1. The van der Waals surface area contributed by atoms with Gasteiger partial charge in [-0.3, -0.25) is 4.79 Å². The van der Waals surface area contributed by atoms with E-state index < -0.39 is 12.2 Å². The minimum Gasteiger partial charge on any atom is -0.434 e. The zero-order valence-corrected chi connectivity index (χ0v) is 13.8. The topological polar surface area (TPSA) is 49.8 Å². The van der Waals surface area contributed by atoms with Gasteiger partial charge in [-0.15, -0.1) is 0 Å². The van der Waals surface area contributed by atoms with E-state index in [0.717, 1.165) is 0 Å². The molecule has 0 fully saturated rings. The Morgan fingerprint density at radius 3 is 2.52 bits per heavy atom. The van der Waals surface area contributed by atoms with E-state index in [4.69, 9.17) is 0 Å². The summed E-state index contributed by atoms with van der Waals surface area (Å²) in [6.07, 6.45) is 1.36. The van der Waals surface area contributed by atoms with E-state index in [1.807, 2.05) is 0 Å². The molecule has 128 valence electrons. The second kappa shape index (κ2) is 8.06. The van der Waals surface area contributed by atoms with E-state index in [1.54, 1.807) is 45.9 Å². The zero-order valence-electron chi connectivity index (χ0n) is 13.8. The van der Waals surface area contributed by atoms with Gasteiger partial charge in [-0.2, -0.15) is 8.78 Å². The van der Waals surface area contributed by atoms with Gasteiger partial charge in [0.15, 0.2) is 0 Å². The molecule has 1 N–H and O–H groups in total. The maximum atomic E-state index is 12.5. The van der Waals surface area contributed by atoms with Gasteiger partial charge in [0.1, 0.15) is 5.75 Å². The van der Waals surface area contributed by atoms with E-state index >= 15 is 0 Å². The molecular formula is C17H23F2NO3. The van der Waals surface area contributed by atoms with Crippen LogP contribution in [-0.4, -0.2) is 41.2 Å². The number of alkyl halides is 2. The first-order valence-electron chi connectivity index (χ1n) is 7.38. The molecule has 1 amide bonds. The molecule has 0 atom stereocenters. The highest BCUT2D eigenvalue weighted by atomic mass is 19.3. The van der Waals surface area contributed by atoms with E-state index in [0.29, 0.717) is 17.7 Å². The van der Waals surface area contributed by atoms with Crippen molar-refractivity contribution in [3.8, 4) is 5.75 Å². The van der Waals surface area contributed by atoms with E-state index in [2.05, 4.69) is 4.74 Å². The summed E-state index contributed by atoms with van der Waals surface area (Å²) in [6.45, 7) is 4.38. The summed E-state index contributed by atoms with van der Waals surface area (Å²) >= 11 is 0. The van der Waals surface area contributed by atoms with Crippen LogP contribution in [0.4, 0.5) is 8.78 Å². The number of carbonyl (C=O) groups excluding carboxylic acids is 1. The highest BCUT2D eigenvalue weighted by molar-refractivity contribution is 5.95. The number of nitrogens with zero attached hydrogens (tertiary/aromatic N) is 1. The summed E-state index contributed by atoms with van der Waals surface area (Å²) < 4.78 is 29.4. The fraction of sp³-hybridized carbons (Fsp3) is 0.471. The Bertz CT molecular complexity index is 565. The van der Waals surface area contributed by atoms with Gasteiger partial charge in [0.05, 0.1) is 5.60 Å². The molecule has 0 saturated heterocycles. The maximum absolute atomic E-state index is 12.5. The highest BCUT2D eigenvalue weighted by Crippen LogP contribution is 2.27. The minimum atomic E-state index is -2.93. The van der Waals surface area contributed by atoms with Gasteiger partial charge in [-0.05, 0) is 39.3 Å². The molecule has 0 heterocycles. The first-order chi connectivity index (χ1) is 10.6. The third-order valence-electron chi connectivity index (χ3n) is 3.14. The number of aliphatic hydroxyl groups is 1. The second-order valence-corrected chi connectivity index (χ2v) is 5.87. The molecule has 0 saturated carbocycles. The van der Waals surface area contributed by atoms with Crippen molar-refractivity contribution < 1.29 is 23.4 Å². The van der Waals surface area contributed by atoms with Crippen LogP contribution < -0.4 is 4.74 Å². The van der Waals surface area contributed by atoms with E-state index in [-0.39, 0.29) is 18.2 Å². The molecule has 0 aliphatic heterocycles. The van der Waals surface area contributed by atoms with Crippen molar-refractivity contribution in [2.75, 3.05) is 13.1 Å². The van der Waals surface area contributed by atoms with Gasteiger partial charge in [-0.1, -0.05) is 18.2 Å². The van der Waals surface area contributed by atoms with Crippen molar-refractivity contribution >= 4 is 11.5 Å². The van der Waals surface area contributed by atoms with Crippen LogP contribution in [0.3, 0.4) is 0 Å². The van der Waals surface area contributed by atoms with Crippen LogP contribution in [0.15, 0.2) is 30.3 Å². The normalized spacial score (nSPS) is 12.4. The van der Waals surface area contributed by atoms with Crippen molar-refractivity contribution in [1.82, 2.24) is 4.90 Å². The molecule has 0 radical (unpaired) electrons. The average molecular weight is 327 g/mol. The Morgan fingerprint density at radius 2 is 2.00 bits per heavy atom. The van der Waals surface area contributed by atoms with Crippen molar-refractivity contribution in [2.24, 2.45) is 0 Å². The Labute approximate surface area is 135 Å². The highest BCUT2D eigenvalue weighted by Gasteiger charge is 2.20. The largest absolute Gasteiger partial charge is 0.434 e. The molecular weight excluding hydrogens is 304 g/mol. The molecule has 23 heavy (non-hydrogen) atoms. The van der Waals surface area contributed by atoms with Gasteiger partial charge in [0.2, 0.25) is 5.91 Å². The van der Waals surface area contributed by atoms with E-state index in [1.165, 1.54) is 17.0 Å². The Balaban J connectivity index is 3.01. The predicted molar refractivity (Wildman–Crippen MR) is 85.3 cm³/mol. The standard InChI is InChI=1S/C17H23F2NO3/c1-5-20(11-17(3,4)22)15(21)10-12(2)13-8-6-7-9-14(13)23-16(18)19/h6-10,16,22H,5,11H2,1-4H3. The number of rotatable bonds is 7. The fourth-order valence-electron chi connectivity index (χ4n) is 2.16. The van der Waals surface area contributed by atoms with Gasteiger partial charge in [0, 0.05) is 24.7 Å². The van der Waals surface area contributed by atoms with Crippen molar-refractivity contribution in [1.29, 1.82) is 0 Å². The Hall–Kier alpha value is -1.95. The maximum Gasteiger partial charge on any atom is 0.387 e. The summed E-state index contributed by atoms with van der Waals surface area (Å²) in [5, 5.41) is 9.84. The van der Waals surface area contributed by atoms with Crippen LogP contribution in [0.5, 0.6) is 5.75 Å². The van der Waals surface area contributed by atoms with Crippen LogP contribution in [0.25, 0.3) is 5.57 Å². The number of amides is 1. The number of likely N-dealkylation sites (N-methyl/N-ethyl adjacent to an activating group) is 1. The van der Waals surface area contributed by atoms with Crippen LogP contribution in [-0.2, 0) is 4.79 Å². The lowest BCUT2D eigenvalue weighted by Crippen LogP contribution is -2.41. The summed E-state index contributed by atoms with van der Waals surface area (Å²) in [5.41, 5.74) is -0.0645. The lowest BCUT2D eigenvalue weighted by Gasteiger charge is -2.27. The Kier molecular flexibility index (Phi) is 6.69. The number of allylic oxidation sites excluding steroid dienone is 1. The summed E-state index contributed by atoms with van der Waals surface area (Å²) in [7, 11) is 0. The number of para-hydroxylation sites is 1. The van der Waals surface area contributed by atoms with Crippen LogP contribution >= 0.6 is 0 Å². The molecule has 0 aliphatic rings. The summed E-state index contributed by atoms with van der Waals surface area (Å²) in [4.78, 5) is 13.8. The SMILES string of the molecule is CCN(CC(C)(C)O)C(=O)C=C(C)c1ccccc1OC(F)F. The third kappa shape index (κ3) is 6.36. The zero-order chi connectivity index (χ0) is 17.6. The molecule has 0 aromatic heterocycles. The van der Waals surface area contributed by atoms with Gasteiger partial charge >= 0.3 is 6.61 Å². The van der Waals surface area contributed by atoms with Crippen LogP contribution in [0.1, 0.15) is 33.3 Å². The second-order valence-electron chi connectivity index (χ2n) is 5.87. The summed E-state index contributed by atoms with van der Waals surface area (Å²) in [5.74, 6) is -0.270. The number of hydrogen-bond acceptors (Lipinski definition) is 3. The number of hydrogen-bond donors (Lipinski definition) is 1. The Morgan fingerprint density at radius 1 is 1.39 bits per heavy atom. The molecule has 0 unspecified atom stereocenters. The quantitative estimate of drug-likeness (QED) is 0.782. The van der Waals surface area contributed by atoms with Gasteiger partial charge in [-0.25, -0.2) is 0 Å². The first kappa shape index (κ1) is 19.1. The van der Waals surface area contributed by atoms with Crippen LogP contribution in [0.2, 0.25) is 0 Å². The molecule has 0 bridgehead atoms. The minimum absolute atomic E-state index is 0.0228. The number of halogens is 2. The smallest absolute Gasteiger partial charge is 0.387 e. The number of ether oxygens (including phenoxy) is 1. The molecule has 0 aliphatic carbocycles. The summed E-state index contributed by atoms with van der Waals surface area (Å²) in [6, 6.07) is 6.31. The fourth-order valence-corrected chi connectivity index (χ4v) is 2.16. The van der Waals surface area contributed by atoms with Crippen molar-refractivity contribution in [3.63, 3.8) is 0 Å². The lowest BCUT2D eigenvalue weighted by molar-refractivity contribution is -0.128. The van der Waals surface area contributed by atoms with Crippen molar-refractivity contribution in [3.05, 3.63) is 35.9 Å². The van der Waals surface area contributed by atoms with Gasteiger partial charge in [0.25, 0.3) is 0 Å². The molecule has 6 heteroatoms.